The van der Waals surface area contributed by atoms with E-state index in [1.807, 2.05) is 13.2 Å². The molecule has 1 atom stereocenters. The molecule has 1 unspecified atom stereocenters. The van der Waals surface area contributed by atoms with E-state index in [0.29, 0.717) is 0 Å². The van der Waals surface area contributed by atoms with Crippen molar-refractivity contribution in [3.63, 3.8) is 0 Å². The SMILES string of the molecule is Cn1cc(OC2CCCN2)cn1. The van der Waals surface area contributed by atoms with Gasteiger partial charge in [0, 0.05) is 7.05 Å². The molecule has 1 aromatic heterocycles. The first-order valence-corrected chi connectivity index (χ1v) is 4.23. The van der Waals surface area contributed by atoms with Crippen LogP contribution < -0.4 is 10.1 Å². The van der Waals surface area contributed by atoms with Crippen LogP contribution in [-0.2, 0) is 7.05 Å². The van der Waals surface area contributed by atoms with Crippen molar-refractivity contribution in [2.24, 2.45) is 7.05 Å². The van der Waals surface area contributed by atoms with Gasteiger partial charge in [0.2, 0.25) is 0 Å². The van der Waals surface area contributed by atoms with E-state index in [-0.39, 0.29) is 6.23 Å². The molecule has 4 heteroatoms. The number of rotatable bonds is 2. The Bertz CT molecular complexity index is 253. The van der Waals surface area contributed by atoms with E-state index in [1.165, 1.54) is 6.42 Å². The molecule has 1 fully saturated rings. The van der Waals surface area contributed by atoms with Crippen LogP contribution in [0.3, 0.4) is 0 Å². The highest BCUT2D eigenvalue weighted by Gasteiger charge is 2.15. The van der Waals surface area contributed by atoms with Crippen molar-refractivity contribution in [3.8, 4) is 5.75 Å². The highest BCUT2D eigenvalue weighted by atomic mass is 16.5. The van der Waals surface area contributed by atoms with Crippen LogP contribution in [0.1, 0.15) is 12.8 Å². The highest BCUT2D eigenvalue weighted by molar-refractivity contribution is 5.11. The van der Waals surface area contributed by atoms with Crippen LogP contribution in [0.5, 0.6) is 5.75 Å². The van der Waals surface area contributed by atoms with Gasteiger partial charge in [-0.1, -0.05) is 0 Å². The average Bonchev–Trinajstić information content (AvgIpc) is 2.63. The molecule has 1 aliphatic rings. The van der Waals surface area contributed by atoms with Gasteiger partial charge in [-0.05, 0) is 19.4 Å². The Morgan fingerprint density at radius 1 is 1.75 bits per heavy atom. The normalized spacial score (nSPS) is 22.9. The minimum Gasteiger partial charge on any atom is -0.472 e. The first kappa shape index (κ1) is 7.61. The third-order valence-corrected chi connectivity index (χ3v) is 1.97. The van der Waals surface area contributed by atoms with E-state index < -0.39 is 0 Å². The molecule has 1 aliphatic heterocycles. The lowest BCUT2D eigenvalue weighted by Crippen LogP contribution is -2.27. The summed E-state index contributed by atoms with van der Waals surface area (Å²) in [6.07, 6.45) is 6.09. The Morgan fingerprint density at radius 3 is 3.25 bits per heavy atom. The second kappa shape index (κ2) is 3.15. The molecule has 1 aromatic rings. The minimum absolute atomic E-state index is 0.189. The quantitative estimate of drug-likeness (QED) is 0.697. The number of aryl methyl sites for hydroxylation is 1. The lowest BCUT2D eigenvalue weighted by Gasteiger charge is -2.10. The summed E-state index contributed by atoms with van der Waals surface area (Å²) in [5.41, 5.74) is 0. The van der Waals surface area contributed by atoms with Crippen LogP contribution in [0.25, 0.3) is 0 Å². The van der Waals surface area contributed by atoms with E-state index in [2.05, 4.69) is 10.4 Å². The number of hydrogen-bond acceptors (Lipinski definition) is 3. The van der Waals surface area contributed by atoms with Crippen molar-refractivity contribution in [2.75, 3.05) is 6.54 Å². The van der Waals surface area contributed by atoms with E-state index in [4.69, 9.17) is 4.74 Å². The zero-order valence-corrected chi connectivity index (χ0v) is 7.16. The van der Waals surface area contributed by atoms with E-state index in [1.54, 1.807) is 10.9 Å². The van der Waals surface area contributed by atoms with Crippen LogP contribution >= 0.6 is 0 Å². The molecule has 0 aliphatic carbocycles. The van der Waals surface area contributed by atoms with Gasteiger partial charge in [0.15, 0.2) is 5.75 Å². The smallest absolute Gasteiger partial charge is 0.159 e. The predicted octanol–water partition coefficient (Wildman–Crippen LogP) is 0.508. The molecule has 2 rings (SSSR count). The number of nitrogens with one attached hydrogen (secondary N) is 1. The summed E-state index contributed by atoms with van der Waals surface area (Å²) in [6, 6.07) is 0. The van der Waals surface area contributed by atoms with Crippen molar-refractivity contribution < 1.29 is 4.74 Å². The first-order valence-electron chi connectivity index (χ1n) is 4.23. The van der Waals surface area contributed by atoms with Crippen LogP contribution in [0, 0.1) is 0 Å². The molecule has 1 saturated heterocycles. The molecule has 0 aromatic carbocycles. The average molecular weight is 167 g/mol. The summed E-state index contributed by atoms with van der Waals surface area (Å²) in [6.45, 7) is 1.06. The molecular formula is C8H13N3O. The van der Waals surface area contributed by atoms with E-state index in [0.717, 1.165) is 18.7 Å². The Balaban J connectivity index is 1.94. The van der Waals surface area contributed by atoms with Crippen molar-refractivity contribution in [3.05, 3.63) is 12.4 Å². The molecule has 4 nitrogen and oxygen atoms in total. The van der Waals surface area contributed by atoms with Crippen molar-refractivity contribution in [1.82, 2.24) is 15.1 Å². The van der Waals surface area contributed by atoms with Gasteiger partial charge in [-0.15, -0.1) is 0 Å². The Morgan fingerprint density at radius 2 is 2.67 bits per heavy atom. The third kappa shape index (κ3) is 1.58. The maximum atomic E-state index is 5.60. The minimum atomic E-state index is 0.189. The second-order valence-corrected chi connectivity index (χ2v) is 3.05. The fraction of sp³-hybridized carbons (Fsp3) is 0.625. The molecule has 0 bridgehead atoms. The second-order valence-electron chi connectivity index (χ2n) is 3.05. The highest BCUT2D eigenvalue weighted by Crippen LogP contribution is 2.13. The summed E-state index contributed by atoms with van der Waals surface area (Å²) in [7, 11) is 1.88. The summed E-state index contributed by atoms with van der Waals surface area (Å²) in [4.78, 5) is 0. The van der Waals surface area contributed by atoms with Gasteiger partial charge in [-0.2, -0.15) is 5.10 Å². The number of nitrogens with zero attached hydrogens (tertiary/aromatic N) is 2. The maximum Gasteiger partial charge on any atom is 0.159 e. The molecule has 1 N–H and O–H groups in total. The van der Waals surface area contributed by atoms with Gasteiger partial charge >= 0.3 is 0 Å². The van der Waals surface area contributed by atoms with Crippen molar-refractivity contribution >= 4 is 0 Å². The zero-order valence-electron chi connectivity index (χ0n) is 7.16. The first-order chi connectivity index (χ1) is 5.84. The van der Waals surface area contributed by atoms with E-state index in [9.17, 15) is 0 Å². The number of aromatic nitrogens is 2. The van der Waals surface area contributed by atoms with Crippen LogP contribution in [0.2, 0.25) is 0 Å². The fourth-order valence-corrected chi connectivity index (χ4v) is 1.38. The zero-order chi connectivity index (χ0) is 8.39. The van der Waals surface area contributed by atoms with Gasteiger partial charge in [-0.3, -0.25) is 10.00 Å². The van der Waals surface area contributed by atoms with Gasteiger partial charge in [0.05, 0.1) is 12.4 Å². The van der Waals surface area contributed by atoms with Crippen molar-refractivity contribution in [1.29, 1.82) is 0 Å². The third-order valence-electron chi connectivity index (χ3n) is 1.97. The largest absolute Gasteiger partial charge is 0.472 e. The lowest BCUT2D eigenvalue weighted by molar-refractivity contribution is 0.187. The Hall–Kier alpha value is -1.03. The Labute approximate surface area is 71.5 Å². The van der Waals surface area contributed by atoms with Gasteiger partial charge in [-0.25, -0.2) is 0 Å². The molecule has 66 valence electrons. The van der Waals surface area contributed by atoms with Gasteiger partial charge in [0.25, 0.3) is 0 Å². The summed E-state index contributed by atoms with van der Waals surface area (Å²) in [5.74, 6) is 0.844. The molecule has 0 saturated carbocycles. The van der Waals surface area contributed by atoms with E-state index >= 15 is 0 Å². The number of hydrogen-bond donors (Lipinski definition) is 1. The number of ether oxygens (including phenoxy) is 1. The lowest BCUT2D eigenvalue weighted by atomic mass is 10.4. The molecule has 0 radical (unpaired) electrons. The summed E-state index contributed by atoms with van der Waals surface area (Å²) < 4.78 is 7.34. The Kier molecular flexibility index (Phi) is 1.99. The predicted molar refractivity (Wildman–Crippen MR) is 44.9 cm³/mol. The monoisotopic (exact) mass is 167 g/mol. The molecule has 2 heterocycles. The molecule has 0 spiro atoms. The molecular weight excluding hydrogens is 154 g/mol. The fourth-order valence-electron chi connectivity index (χ4n) is 1.38. The van der Waals surface area contributed by atoms with Crippen LogP contribution in [0.4, 0.5) is 0 Å². The summed E-state index contributed by atoms with van der Waals surface area (Å²) in [5, 5.41) is 7.28. The summed E-state index contributed by atoms with van der Waals surface area (Å²) >= 11 is 0. The van der Waals surface area contributed by atoms with Crippen molar-refractivity contribution in [2.45, 2.75) is 19.1 Å². The topological polar surface area (TPSA) is 39.1 Å². The molecule has 12 heavy (non-hydrogen) atoms. The van der Waals surface area contributed by atoms with Crippen LogP contribution in [0.15, 0.2) is 12.4 Å². The maximum absolute atomic E-state index is 5.60. The van der Waals surface area contributed by atoms with Gasteiger partial charge in [0.1, 0.15) is 6.23 Å². The molecule has 0 amide bonds. The standard InChI is InChI=1S/C8H13N3O/c1-11-6-7(5-10-11)12-8-3-2-4-9-8/h5-6,8-9H,2-4H2,1H3. The van der Waals surface area contributed by atoms with Gasteiger partial charge < -0.3 is 4.74 Å². The van der Waals surface area contributed by atoms with Crippen LogP contribution in [-0.4, -0.2) is 22.6 Å².